The molecule has 10 nitrogen and oxygen atoms in total. The van der Waals surface area contributed by atoms with Gasteiger partial charge in [0.25, 0.3) is 15.9 Å². The van der Waals surface area contributed by atoms with E-state index in [9.17, 15) is 26.7 Å². The molecule has 1 aromatic carbocycles. The fourth-order valence-electron chi connectivity index (χ4n) is 6.06. The lowest BCUT2D eigenvalue weighted by atomic mass is 9.77. The number of nitrogens with one attached hydrogen (secondary N) is 2. The summed E-state index contributed by atoms with van der Waals surface area (Å²) in [5.41, 5.74) is 0.150. The van der Waals surface area contributed by atoms with E-state index in [1.54, 1.807) is 0 Å². The summed E-state index contributed by atoms with van der Waals surface area (Å²) in [7, 11) is -7.87. The van der Waals surface area contributed by atoms with Crippen molar-refractivity contribution in [1.82, 2.24) is 4.90 Å². The number of anilines is 2. The number of amidine groups is 1. The minimum Gasteiger partial charge on any atom is -0.511 e. The van der Waals surface area contributed by atoms with E-state index in [-0.39, 0.29) is 51.3 Å². The van der Waals surface area contributed by atoms with Gasteiger partial charge in [-0.3, -0.25) is 9.52 Å². The first kappa shape index (κ1) is 24.1. The summed E-state index contributed by atoms with van der Waals surface area (Å²) in [6.45, 7) is 4.71. The van der Waals surface area contributed by atoms with Gasteiger partial charge in [-0.2, -0.15) is 8.42 Å². The van der Waals surface area contributed by atoms with Crippen LogP contribution in [-0.4, -0.2) is 57.4 Å². The number of rotatable bonds is 6. The molecule has 2 unspecified atom stereocenters. The summed E-state index contributed by atoms with van der Waals surface area (Å²) in [5.74, 6) is 0.0900. The maximum Gasteiger partial charge on any atom is 0.286 e. The molecule has 2 heterocycles. The number of nitrogens with zero attached hydrogens (tertiary/aromatic N) is 2. The largest absolute Gasteiger partial charge is 0.511 e. The zero-order chi connectivity index (χ0) is 25.3. The Bertz CT molecular complexity index is 1370. The Morgan fingerprint density at radius 3 is 2.66 bits per heavy atom. The first-order chi connectivity index (χ1) is 16.4. The number of sulfonamides is 2. The van der Waals surface area contributed by atoms with Crippen molar-refractivity contribution in [2.24, 2.45) is 28.1 Å². The van der Waals surface area contributed by atoms with E-state index >= 15 is 0 Å². The van der Waals surface area contributed by atoms with E-state index in [1.807, 2.05) is 4.90 Å². The molecule has 12 heteroatoms. The van der Waals surface area contributed by atoms with Crippen molar-refractivity contribution in [3.63, 3.8) is 0 Å². The fraction of sp³-hybridized carbons (Fsp3) is 0.565. The molecule has 35 heavy (non-hydrogen) atoms. The quantitative estimate of drug-likeness (QED) is 0.521. The highest BCUT2D eigenvalue weighted by Gasteiger charge is 2.57. The Morgan fingerprint density at radius 2 is 1.97 bits per heavy atom. The van der Waals surface area contributed by atoms with Gasteiger partial charge in [-0.1, -0.05) is 13.8 Å². The second-order valence-electron chi connectivity index (χ2n) is 10.4. The Balaban J connectivity index is 1.55. The molecular formula is C23H30N4O6S2. The summed E-state index contributed by atoms with van der Waals surface area (Å²) >= 11 is 0. The molecule has 2 aliphatic carbocycles. The Labute approximate surface area is 205 Å². The minimum atomic E-state index is -4.27. The molecule has 2 fully saturated rings. The second-order valence-corrected chi connectivity index (χ2v) is 13.7. The van der Waals surface area contributed by atoms with Gasteiger partial charge in [0.2, 0.25) is 10.0 Å². The average molecular weight is 523 g/mol. The van der Waals surface area contributed by atoms with Crippen molar-refractivity contribution in [2.75, 3.05) is 22.8 Å². The predicted octanol–water partition coefficient (Wildman–Crippen LogP) is 2.69. The van der Waals surface area contributed by atoms with Crippen molar-refractivity contribution in [2.45, 2.75) is 50.5 Å². The molecule has 1 aromatic rings. The standard InChI is InChI=1S/C23H30N4O6S2/c1-12(2)8-9-27-20-14-5-4-13(10-14)18(20)21(28)19(23(27)29)22-24-16-7-6-15(25-34(3,30)31)11-17(16)35(32,33)26-22/h6-7,11-14,18,20,25,28H,4-5,8-10H2,1-3H3,(H,24,26)/t13-,14+,18?,20?/m0/s1. The van der Waals surface area contributed by atoms with E-state index in [4.69, 9.17) is 0 Å². The zero-order valence-corrected chi connectivity index (χ0v) is 21.5. The molecule has 2 aliphatic heterocycles. The molecule has 0 spiro atoms. The third kappa shape index (κ3) is 4.20. The Kier molecular flexibility index (Phi) is 5.67. The maximum atomic E-state index is 13.7. The van der Waals surface area contributed by atoms with Crippen LogP contribution < -0.4 is 10.0 Å². The van der Waals surface area contributed by atoms with Gasteiger partial charge in [-0.15, -0.1) is 4.40 Å². The molecule has 2 saturated carbocycles. The first-order valence-electron chi connectivity index (χ1n) is 11.8. The highest BCUT2D eigenvalue weighted by atomic mass is 32.2. The molecule has 0 saturated heterocycles. The van der Waals surface area contributed by atoms with Gasteiger partial charge in [0.15, 0.2) is 5.84 Å². The summed E-state index contributed by atoms with van der Waals surface area (Å²) in [6, 6.07) is 3.94. The zero-order valence-electron chi connectivity index (χ0n) is 19.9. The average Bonchev–Trinajstić information content (AvgIpc) is 3.35. The third-order valence-electron chi connectivity index (χ3n) is 7.49. The SMILES string of the molecule is CC(C)CCN1C(=O)C(C2=NS(=O)(=O)c3cc(NS(C)(=O)=O)ccc3N2)=C(O)C2C1[C@@H]1CC[C@H]2C1. The second kappa shape index (κ2) is 8.22. The van der Waals surface area contributed by atoms with Gasteiger partial charge in [-0.25, -0.2) is 8.42 Å². The normalized spacial score (nSPS) is 29.1. The van der Waals surface area contributed by atoms with Crippen molar-refractivity contribution in [3.05, 3.63) is 29.5 Å². The van der Waals surface area contributed by atoms with E-state index in [2.05, 4.69) is 28.3 Å². The maximum absolute atomic E-state index is 13.7. The lowest BCUT2D eigenvalue weighted by Crippen LogP contribution is -2.54. The van der Waals surface area contributed by atoms with Crippen LogP contribution in [0.25, 0.3) is 0 Å². The third-order valence-corrected chi connectivity index (χ3v) is 9.41. The number of benzene rings is 1. The van der Waals surface area contributed by atoms with Crippen LogP contribution in [0, 0.1) is 23.7 Å². The summed E-state index contributed by atoms with van der Waals surface area (Å²) < 4.78 is 55.4. The monoisotopic (exact) mass is 522 g/mol. The summed E-state index contributed by atoms with van der Waals surface area (Å²) in [6.07, 6.45) is 4.73. The highest BCUT2D eigenvalue weighted by molar-refractivity contribution is 7.92. The number of carbonyl (C=O) groups is 1. The van der Waals surface area contributed by atoms with Gasteiger partial charge in [0.1, 0.15) is 16.2 Å². The number of carbonyl (C=O) groups excluding carboxylic acids is 1. The van der Waals surface area contributed by atoms with Gasteiger partial charge in [0.05, 0.1) is 11.9 Å². The Morgan fingerprint density at radius 1 is 1.26 bits per heavy atom. The molecule has 0 aromatic heterocycles. The van der Waals surface area contributed by atoms with E-state index in [0.29, 0.717) is 18.4 Å². The van der Waals surface area contributed by atoms with E-state index < -0.39 is 26.0 Å². The van der Waals surface area contributed by atoms with Gasteiger partial charge >= 0.3 is 0 Å². The number of amides is 1. The van der Waals surface area contributed by atoms with Crippen LogP contribution in [0.2, 0.25) is 0 Å². The van der Waals surface area contributed by atoms with E-state index in [0.717, 1.165) is 31.9 Å². The number of hydrogen-bond donors (Lipinski definition) is 3. The summed E-state index contributed by atoms with van der Waals surface area (Å²) in [5, 5.41) is 14.2. The highest BCUT2D eigenvalue weighted by Crippen LogP contribution is 2.55. The van der Waals surface area contributed by atoms with E-state index in [1.165, 1.54) is 18.2 Å². The first-order valence-corrected chi connectivity index (χ1v) is 15.2. The molecule has 3 N–H and O–H groups in total. The van der Waals surface area contributed by atoms with Gasteiger partial charge in [0, 0.05) is 24.2 Å². The number of hydrogen-bond acceptors (Lipinski definition) is 7. The van der Waals surface area contributed by atoms with Crippen molar-refractivity contribution in [1.29, 1.82) is 0 Å². The van der Waals surface area contributed by atoms with Gasteiger partial charge < -0.3 is 15.3 Å². The minimum absolute atomic E-state index is 0.0681. The fourth-order valence-corrected chi connectivity index (χ4v) is 7.77. The van der Waals surface area contributed by atoms with Crippen molar-refractivity contribution in [3.8, 4) is 0 Å². The number of aliphatic hydroxyl groups is 1. The Hall–Kier alpha value is -2.60. The van der Waals surface area contributed by atoms with Crippen LogP contribution in [-0.2, 0) is 24.8 Å². The molecule has 190 valence electrons. The molecular weight excluding hydrogens is 492 g/mol. The lowest BCUT2D eigenvalue weighted by Gasteiger charge is -2.44. The van der Waals surface area contributed by atoms with Crippen LogP contribution in [0.3, 0.4) is 0 Å². The lowest BCUT2D eigenvalue weighted by molar-refractivity contribution is -0.133. The molecule has 4 aliphatic rings. The summed E-state index contributed by atoms with van der Waals surface area (Å²) in [4.78, 5) is 15.3. The van der Waals surface area contributed by atoms with Crippen molar-refractivity contribution >= 4 is 43.2 Å². The number of fused-ring (bicyclic) bond motifs is 6. The number of aliphatic hydroxyl groups excluding tert-OH is 1. The molecule has 0 radical (unpaired) electrons. The topological polar surface area (TPSA) is 145 Å². The van der Waals surface area contributed by atoms with Crippen molar-refractivity contribution < 1.29 is 26.7 Å². The molecule has 2 bridgehead atoms. The van der Waals surface area contributed by atoms with Crippen LogP contribution in [0.1, 0.15) is 39.5 Å². The van der Waals surface area contributed by atoms with Crippen LogP contribution in [0.4, 0.5) is 11.4 Å². The van der Waals surface area contributed by atoms with Crippen LogP contribution in [0.15, 0.2) is 38.8 Å². The van der Waals surface area contributed by atoms with Crippen LogP contribution in [0.5, 0.6) is 0 Å². The van der Waals surface area contributed by atoms with Crippen LogP contribution >= 0.6 is 0 Å². The molecule has 5 rings (SSSR count). The van der Waals surface area contributed by atoms with Gasteiger partial charge in [-0.05, 0) is 61.6 Å². The smallest absolute Gasteiger partial charge is 0.286 e. The predicted molar refractivity (Wildman–Crippen MR) is 132 cm³/mol. The molecule has 4 atom stereocenters. The molecule has 1 amide bonds.